The largest absolute Gasteiger partial charge is 0.301 e. The summed E-state index contributed by atoms with van der Waals surface area (Å²) in [6, 6.07) is 0.483. The van der Waals surface area contributed by atoms with Crippen LogP contribution in [0.2, 0.25) is 0 Å². The Morgan fingerprint density at radius 1 is 1.36 bits per heavy atom. The molecule has 0 bridgehead atoms. The lowest BCUT2D eigenvalue weighted by Gasteiger charge is -2.23. The van der Waals surface area contributed by atoms with Crippen molar-refractivity contribution in [1.29, 1.82) is 0 Å². The molecule has 1 aliphatic heterocycles. The summed E-state index contributed by atoms with van der Waals surface area (Å²) < 4.78 is 0. The molecule has 1 N–H and O–H groups in total. The Hall–Kier alpha value is -0.0800. The zero-order chi connectivity index (χ0) is 8.48. The van der Waals surface area contributed by atoms with Crippen molar-refractivity contribution >= 4 is 0 Å². The summed E-state index contributed by atoms with van der Waals surface area (Å²) in [4.78, 5) is 5.34. The molecule has 0 aromatic carbocycles. The molecule has 0 saturated carbocycles. The minimum Gasteiger partial charge on any atom is -0.301 e. The van der Waals surface area contributed by atoms with E-state index in [2.05, 4.69) is 33.2 Å². The molecule has 2 heteroatoms. The number of hydroxylamine groups is 1. The van der Waals surface area contributed by atoms with Crippen LogP contribution in [0.4, 0.5) is 0 Å². The summed E-state index contributed by atoms with van der Waals surface area (Å²) in [7, 11) is 0. The molecule has 0 aromatic rings. The fourth-order valence-corrected chi connectivity index (χ4v) is 1.59. The third-order valence-electron chi connectivity index (χ3n) is 2.46. The SMILES string of the molecule is CC1CC(C)(C)CONC1C. The third-order valence-corrected chi connectivity index (χ3v) is 2.46. The fraction of sp³-hybridized carbons (Fsp3) is 1.00. The molecule has 0 aromatic heterocycles. The Morgan fingerprint density at radius 3 is 2.64 bits per heavy atom. The van der Waals surface area contributed by atoms with Gasteiger partial charge in [-0.15, -0.1) is 0 Å². The van der Waals surface area contributed by atoms with Crippen LogP contribution in [-0.2, 0) is 4.84 Å². The molecule has 1 aliphatic rings. The summed E-state index contributed by atoms with van der Waals surface area (Å²) in [5.74, 6) is 0.701. The van der Waals surface area contributed by atoms with Crippen molar-refractivity contribution in [2.24, 2.45) is 11.3 Å². The zero-order valence-corrected chi connectivity index (χ0v) is 7.98. The molecule has 2 atom stereocenters. The number of hydrogen-bond donors (Lipinski definition) is 1. The molecule has 2 unspecified atom stereocenters. The Kier molecular flexibility index (Phi) is 2.55. The van der Waals surface area contributed by atoms with Gasteiger partial charge in [-0.05, 0) is 24.7 Å². The standard InChI is InChI=1S/C9H19NO/c1-7-5-9(3,4)6-11-10-8(7)2/h7-8,10H,5-6H2,1-4H3. The van der Waals surface area contributed by atoms with Gasteiger partial charge in [-0.25, -0.2) is 0 Å². The van der Waals surface area contributed by atoms with Crippen molar-refractivity contribution in [2.75, 3.05) is 6.61 Å². The normalized spacial score (nSPS) is 38.2. The Bertz CT molecular complexity index is 134. The van der Waals surface area contributed by atoms with Gasteiger partial charge in [0, 0.05) is 6.04 Å². The van der Waals surface area contributed by atoms with Crippen LogP contribution in [0.5, 0.6) is 0 Å². The summed E-state index contributed by atoms with van der Waals surface area (Å²) in [5.41, 5.74) is 3.38. The van der Waals surface area contributed by atoms with Gasteiger partial charge in [0.15, 0.2) is 0 Å². The van der Waals surface area contributed by atoms with Gasteiger partial charge in [0.25, 0.3) is 0 Å². The van der Waals surface area contributed by atoms with Crippen LogP contribution in [0.15, 0.2) is 0 Å². The maximum Gasteiger partial charge on any atom is 0.0733 e. The van der Waals surface area contributed by atoms with Crippen molar-refractivity contribution < 1.29 is 4.84 Å². The average molecular weight is 157 g/mol. The first-order valence-electron chi connectivity index (χ1n) is 4.38. The molecule has 2 nitrogen and oxygen atoms in total. The van der Waals surface area contributed by atoms with Crippen molar-refractivity contribution in [1.82, 2.24) is 5.48 Å². The predicted molar refractivity (Wildman–Crippen MR) is 46.1 cm³/mol. The van der Waals surface area contributed by atoms with Gasteiger partial charge < -0.3 is 4.84 Å². The number of nitrogens with one attached hydrogen (secondary N) is 1. The highest BCUT2D eigenvalue weighted by molar-refractivity contribution is 4.78. The van der Waals surface area contributed by atoms with Gasteiger partial charge in [0.1, 0.15) is 0 Å². The highest BCUT2D eigenvalue weighted by Crippen LogP contribution is 2.29. The molecule has 1 heterocycles. The van der Waals surface area contributed by atoms with Crippen LogP contribution in [0.25, 0.3) is 0 Å². The maximum absolute atomic E-state index is 5.34. The van der Waals surface area contributed by atoms with Crippen LogP contribution in [0, 0.1) is 11.3 Å². The van der Waals surface area contributed by atoms with Crippen molar-refractivity contribution in [3.05, 3.63) is 0 Å². The van der Waals surface area contributed by atoms with Gasteiger partial charge in [-0.1, -0.05) is 20.8 Å². The molecule has 0 amide bonds. The molecule has 0 aliphatic carbocycles. The molecule has 66 valence electrons. The third kappa shape index (κ3) is 2.46. The van der Waals surface area contributed by atoms with E-state index in [1.54, 1.807) is 0 Å². The Balaban J connectivity index is 2.55. The second-order valence-corrected chi connectivity index (χ2v) is 4.54. The lowest BCUT2D eigenvalue weighted by atomic mass is 9.82. The molecule has 11 heavy (non-hydrogen) atoms. The van der Waals surface area contributed by atoms with E-state index >= 15 is 0 Å². The monoisotopic (exact) mass is 157 g/mol. The predicted octanol–water partition coefficient (Wildman–Crippen LogP) is 1.96. The van der Waals surface area contributed by atoms with Gasteiger partial charge >= 0.3 is 0 Å². The zero-order valence-electron chi connectivity index (χ0n) is 7.98. The topological polar surface area (TPSA) is 21.3 Å². The molecular formula is C9H19NO. The molecule has 0 spiro atoms. The average Bonchev–Trinajstić information content (AvgIpc) is 1.93. The summed E-state index contributed by atoms with van der Waals surface area (Å²) in [6.45, 7) is 9.77. The summed E-state index contributed by atoms with van der Waals surface area (Å²) in [6.07, 6.45) is 1.24. The summed E-state index contributed by atoms with van der Waals surface area (Å²) >= 11 is 0. The molecular weight excluding hydrogens is 138 g/mol. The molecule has 1 saturated heterocycles. The van der Waals surface area contributed by atoms with E-state index in [0.717, 1.165) is 6.61 Å². The highest BCUT2D eigenvalue weighted by Gasteiger charge is 2.27. The van der Waals surface area contributed by atoms with Gasteiger partial charge in [0.05, 0.1) is 6.61 Å². The molecule has 1 rings (SSSR count). The van der Waals surface area contributed by atoms with Crippen LogP contribution in [0.3, 0.4) is 0 Å². The highest BCUT2D eigenvalue weighted by atomic mass is 16.6. The van der Waals surface area contributed by atoms with Gasteiger partial charge in [-0.2, -0.15) is 5.48 Å². The van der Waals surface area contributed by atoms with Crippen LogP contribution < -0.4 is 5.48 Å². The van der Waals surface area contributed by atoms with Crippen LogP contribution >= 0.6 is 0 Å². The van der Waals surface area contributed by atoms with E-state index in [4.69, 9.17) is 4.84 Å². The van der Waals surface area contributed by atoms with Crippen LogP contribution in [-0.4, -0.2) is 12.6 Å². The fourth-order valence-electron chi connectivity index (χ4n) is 1.59. The second kappa shape index (κ2) is 3.11. The van der Waals surface area contributed by atoms with E-state index in [9.17, 15) is 0 Å². The molecule has 1 fully saturated rings. The second-order valence-electron chi connectivity index (χ2n) is 4.54. The Morgan fingerprint density at radius 2 is 2.00 bits per heavy atom. The number of hydrogen-bond acceptors (Lipinski definition) is 2. The maximum atomic E-state index is 5.34. The van der Waals surface area contributed by atoms with Crippen molar-refractivity contribution in [3.63, 3.8) is 0 Å². The van der Waals surface area contributed by atoms with Gasteiger partial charge in [0.2, 0.25) is 0 Å². The van der Waals surface area contributed by atoms with Gasteiger partial charge in [-0.3, -0.25) is 0 Å². The van der Waals surface area contributed by atoms with Crippen molar-refractivity contribution in [3.8, 4) is 0 Å². The summed E-state index contributed by atoms with van der Waals surface area (Å²) in [5, 5.41) is 0. The molecule has 0 radical (unpaired) electrons. The Labute approximate surface area is 69.3 Å². The lowest BCUT2D eigenvalue weighted by Crippen LogP contribution is -2.29. The van der Waals surface area contributed by atoms with Crippen molar-refractivity contribution in [2.45, 2.75) is 40.2 Å². The first-order valence-corrected chi connectivity index (χ1v) is 4.38. The quantitative estimate of drug-likeness (QED) is 0.580. The van der Waals surface area contributed by atoms with E-state index < -0.39 is 0 Å². The smallest absolute Gasteiger partial charge is 0.0733 e. The van der Waals surface area contributed by atoms with E-state index in [-0.39, 0.29) is 0 Å². The van der Waals surface area contributed by atoms with E-state index in [0.29, 0.717) is 17.4 Å². The first kappa shape index (κ1) is 9.01. The lowest BCUT2D eigenvalue weighted by molar-refractivity contribution is -0.00447. The van der Waals surface area contributed by atoms with Crippen LogP contribution in [0.1, 0.15) is 34.1 Å². The van der Waals surface area contributed by atoms with E-state index in [1.165, 1.54) is 6.42 Å². The number of rotatable bonds is 0. The minimum absolute atomic E-state index is 0.331. The minimum atomic E-state index is 0.331. The first-order chi connectivity index (χ1) is 5.01. The van der Waals surface area contributed by atoms with E-state index in [1.807, 2.05) is 0 Å².